The molecule has 0 aliphatic carbocycles. The second-order valence-corrected chi connectivity index (χ2v) is 7.94. The Kier molecular flexibility index (Phi) is 6.50. The van der Waals surface area contributed by atoms with E-state index >= 15 is 0 Å². The van der Waals surface area contributed by atoms with Gasteiger partial charge in [-0.2, -0.15) is 0 Å². The quantitative estimate of drug-likeness (QED) is 0.359. The number of rotatable bonds is 5. The van der Waals surface area contributed by atoms with Gasteiger partial charge in [-0.15, -0.1) is 0 Å². The Balaban J connectivity index is 1.45. The van der Waals surface area contributed by atoms with E-state index in [9.17, 15) is 13.6 Å². The van der Waals surface area contributed by atoms with Crippen molar-refractivity contribution in [3.63, 3.8) is 0 Å². The summed E-state index contributed by atoms with van der Waals surface area (Å²) in [4.78, 5) is 30.1. The van der Waals surface area contributed by atoms with Crippen LogP contribution in [0.2, 0.25) is 0 Å². The Hall–Kier alpha value is -5.17. The Morgan fingerprint density at radius 3 is 2.54 bits per heavy atom. The molecule has 0 aliphatic heterocycles. The third-order valence-electron chi connectivity index (χ3n) is 5.47. The maximum Gasteiger partial charge on any atom is 0.266 e. The van der Waals surface area contributed by atoms with Gasteiger partial charge in [0.1, 0.15) is 46.7 Å². The van der Waals surface area contributed by atoms with Crippen LogP contribution in [0.5, 0.6) is 0 Å². The lowest BCUT2D eigenvalue weighted by atomic mass is 10.2. The van der Waals surface area contributed by atoms with Gasteiger partial charge in [-0.1, -0.05) is 24.1 Å². The van der Waals surface area contributed by atoms with E-state index in [0.29, 0.717) is 47.1 Å². The number of para-hydroxylation sites is 1. The van der Waals surface area contributed by atoms with Gasteiger partial charge in [-0.25, -0.2) is 28.7 Å². The van der Waals surface area contributed by atoms with Crippen molar-refractivity contribution in [3.8, 4) is 17.5 Å². The molecule has 0 saturated heterocycles. The first-order chi connectivity index (χ1) is 18.0. The van der Waals surface area contributed by atoms with Crippen molar-refractivity contribution < 1.29 is 8.78 Å². The number of nitrogen functional groups attached to an aromatic ring is 1. The molecule has 2 aromatic carbocycles. The fourth-order valence-electron chi connectivity index (χ4n) is 3.74. The second-order valence-electron chi connectivity index (χ2n) is 7.94. The van der Waals surface area contributed by atoms with E-state index in [2.05, 4.69) is 37.1 Å². The van der Waals surface area contributed by atoms with Crippen LogP contribution in [0.15, 0.2) is 78.0 Å². The second kappa shape index (κ2) is 10.2. The molecule has 0 saturated carbocycles. The molecule has 37 heavy (non-hydrogen) atoms. The van der Waals surface area contributed by atoms with E-state index < -0.39 is 11.6 Å². The molecule has 10 heteroatoms. The van der Waals surface area contributed by atoms with Gasteiger partial charge in [-0.05, 0) is 48.4 Å². The van der Waals surface area contributed by atoms with Gasteiger partial charge in [0.15, 0.2) is 0 Å². The van der Waals surface area contributed by atoms with E-state index in [1.54, 1.807) is 12.1 Å². The standard InChI is InChI=1S/C27H19F2N7O/c28-17-7-11-23-22(14-17)27(37)36(20-4-2-1-3-5-20)24(35-23)12-13-31-26-21(25(30)33-16-34-26)10-9-19-8-6-18(29)15-32-19/h1-8,11,14-16H,12-13H2,(H3,30,31,33,34). The van der Waals surface area contributed by atoms with Gasteiger partial charge in [0.2, 0.25) is 0 Å². The van der Waals surface area contributed by atoms with Crippen LogP contribution in [0.4, 0.5) is 20.4 Å². The molecule has 0 spiro atoms. The summed E-state index contributed by atoms with van der Waals surface area (Å²) >= 11 is 0. The van der Waals surface area contributed by atoms with E-state index in [4.69, 9.17) is 5.73 Å². The topological polar surface area (TPSA) is 112 Å². The highest BCUT2D eigenvalue weighted by molar-refractivity contribution is 5.78. The number of aromatic nitrogens is 5. The van der Waals surface area contributed by atoms with Crippen LogP contribution in [-0.4, -0.2) is 31.0 Å². The molecule has 3 heterocycles. The fraction of sp³-hybridized carbons (Fsp3) is 0.0741. The van der Waals surface area contributed by atoms with Crippen LogP contribution in [0.3, 0.4) is 0 Å². The van der Waals surface area contributed by atoms with Crippen molar-refractivity contribution in [3.05, 3.63) is 112 Å². The molecule has 8 nitrogen and oxygen atoms in total. The lowest BCUT2D eigenvalue weighted by Gasteiger charge is -2.14. The van der Waals surface area contributed by atoms with Crippen molar-refractivity contribution >= 4 is 22.5 Å². The summed E-state index contributed by atoms with van der Waals surface area (Å²) in [6, 6.07) is 15.7. The predicted molar refractivity (Wildman–Crippen MR) is 136 cm³/mol. The SMILES string of the molecule is Nc1ncnc(NCCc2nc3ccc(F)cc3c(=O)n2-c2ccccc2)c1C#Cc1ccc(F)cn1. The van der Waals surface area contributed by atoms with Crippen LogP contribution in [0.25, 0.3) is 16.6 Å². The number of nitrogens with zero attached hydrogens (tertiary/aromatic N) is 5. The molecular weight excluding hydrogens is 476 g/mol. The zero-order chi connectivity index (χ0) is 25.8. The molecule has 0 amide bonds. The number of fused-ring (bicyclic) bond motifs is 1. The lowest BCUT2D eigenvalue weighted by Crippen LogP contribution is -2.25. The molecule has 0 aliphatic rings. The number of nitrogens with one attached hydrogen (secondary N) is 1. The first kappa shape index (κ1) is 23.6. The summed E-state index contributed by atoms with van der Waals surface area (Å²) in [6.45, 7) is 0.325. The molecule has 3 aromatic heterocycles. The third-order valence-corrected chi connectivity index (χ3v) is 5.47. The number of halogens is 2. The van der Waals surface area contributed by atoms with Gasteiger partial charge in [0.05, 0.1) is 22.8 Å². The zero-order valence-electron chi connectivity index (χ0n) is 19.3. The van der Waals surface area contributed by atoms with Crippen molar-refractivity contribution in [1.29, 1.82) is 0 Å². The van der Waals surface area contributed by atoms with E-state index in [0.717, 1.165) is 6.20 Å². The first-order valence-corrected chi connectivity index (χ1v) is 11.2. The molecule has 3 N–H and O–H groups in total. The number of pyridine rings is 1. The first-order valence-electron chi connectivity index (χ1n) is 11.2. The monoisotopic (exact) mass is 495 g/mol. The minimum atomic E-state index is -0.508. The molecular formula is C27H19F2N7O. The Morgan fingerprint density at radius 2 is 1.76 bits per heavy atom. The van der Waals surface area contributed by atoms with Crippen LogP contribution < -0.4 is 16.6 Å². The molecule has 5 rings (SSSR count). The highest BCUT2D eigenvalue weighted by atomic mass is 19.1. The lowest BCUT2D eigenvalue weighted by molar-refractivity contribution is 0.621. The van der Waals surface area contributed by atoms with Gasteiger partial charge in [0.25, 0.3) is 5.56 Å². The maximum atomic E-state index is 13.9. The summed E-state index contributed by atoms with van der Waals surface area (Å²) in [5.41, 5.74) is 7.39. The molecule has 182 valence electrons. The Labute approximate surface area is 209 Å². The van der Waals surface area contributed by atoms with Gasteiger partial charge in [-0.3, -0.25) is 9.36 Å². The van der Waals surface area contributed by atoms with E-state index in [-0.39, 0.29) is 16.8 Å². The molecule has 5 aromatic rings. The van der Waals surface area contributed by atoms with Crippen molar-refractivity contribution in [1.82, 2.24) is 24.5 Å². The van der Waals surface area contributed by atoms with Crippen LogP contribution >= 0.6 is 0 Å². The highest BCUT2D eigenvalue weighted by Gasteiger charge is 2.14. The highest BCUT2D eigenvalue weighted by Crippen LogP contribution is 2.18. The van der Waals surface area contributed by atoms with Crippen LogP contribution in [-0.2, 0) is 6.42 Å². The normalized spacial score (nSPS) is 10.6. The molecule has 0 bridgehead atoms. The largest absolute Gasteiger partial charge is 0.382 e. The minimum Gasteiger partial charge on any atom is -0.382 e. The average Bonchev–Trinajstić information content (AvgIpc) is 2.90. The summed E-state index contributed by atoms with van der Waals surface area (Å²) < 4.78 is 28.5. The summed E-state index contributed by atoms with van der Waals surface area (Å²) in [7, 11) is 0. The number of hydrogen-bond donors (Lipinski definition) is 2. The number of hydrogen-bond acceptors (Lipinski definition) is 7. The van der Waals surface area contributed by atoms with E-state index in [1.165, 1.54) is 41.2 Å². The Morgan fingerprint density at radius 1 is 0.946 bits per heavy atom. The smallest absolute Gasteiger partial charge is 0.266 e. The van der Waals surface area contributed by atoms with Crippen molar-refractivity contribution in [2.75, 3.05) is 17.6 Å². The van der Waals surface area contributed by atoms with Crippen molar-refractivity contribution in [2.45, 2.75) is 6.42 Å². The molecule has 0 radical (unpaired) electrons. The predicted octanol–water partition coefficient (Wildman–Crippen LogP) is 3.49. The summed E-state index contributed by atoms with van der Waals surface area (Å²) in [5, 5.41) is 3.36. The van der Waals surface area contributed by atoms with Crippen LogP contribution in [0.1, 0.15) is 17.1 Å². The van der Waals surface area contributed by atoms with Crippen molar-refractivity contribution in [2.24, 2.45) is 0 Å². The number of nitrogens with two attached hydrogens (primary N) is 1. The van der Waals surface area contributed by atoms with E-state index in [1.807, 2.05) is 18.2 Å². The third kappa shape index (κ3) is 5.11. The fourth-order valence-corrected chi connectivity index (χ4v) is 3.74. The Bertz CT molecular complexity index is 1710. The molecule has 0 unspecified atom stereocenters. The molecule has 0 atom stereocenters. The summed E-state index contributed by atoms with van der Waals surface area (Å²) in [6.07, 6.45) is 2.71. The number of anilines is 2. The van der Waals surface area contributed by atoms with Gasteiger partial charge in [0, 0.05) is 13.0 Å². The summed E-state index contributed by atoms with van der Waals surface area (Å²) in [5.74, 6) is 5.78. The van der Waals surface area contributed by atoms with Crippen LogP contribution in [0, 0.1) is 23.5 Å². The van der Waals surface area contributed by atoms with Gasteiger partial charge < -0.3 is 11.1 Å². The minimum absolute atomic E-state index is 0.166. The number of benzene rings is 2. The zero-order valence-corrected chi connectivity index (χ0v) is 19.3. The van der Waals surface area contributed by atoms with Gasteiger partial charge >= 0.3 is 0 Å². The average molecular weight is 495 g/mol. The molecule has 0 fully saturated rings. The maximum absolute atomic E-state index is 13.9.